The van der Waals surface area contributed by atoms with Crippen LogP contribution in [0.2, 0.25) is 0 Å². The third-order valence-electron chi connectivity index (χ3n) is 5.58. The summed E-state index contributed by atoms with van der Waals surface area (Å²) in [6.45, 7) is 3.45. The van der Waals surface area contributed by atoms with Crippen LogP contribution < -0.4 is 5.73 Å². The Labute approximate surface area is 186 Å². The highest BCUT2D eigenvalue weighted by Gasteiger charge is 2.38. The standard InChI is InChI=1S/C26H25N3O3/c1-18-17-19(23-15-16-29(28-23)21-11-7-4-8-12-21)13-14-22(18)24(27)32-26(2,25(30)31)20-9-5-3-6-10-20/h3-17,24H,27H2,1-2H3,(H,30,31). The second kappa shape index (κ2) is 8.78. The average molecular weight is 428 g/mol. The largest absolute Gasteiger partial charge is 0.479 e. The van der Waals surface area contributed by atoms with Crippen molar-refractivity contribution in [3.63, 3.8) is 0 Å². The molecule has 0 aliphatic rings. The van der Waals surface area contributed by atoms with Crippen molar-refractivity contribution in [2.24, 2.45) is 5.73 Å². The van der Waals surface area contributed by atoms with Crippen LogP contribution in [0.4, 0.5) is 0 Å². The molecule has 1 heterocycles. The topological polar surface area (TPSA) is 90.4 Å². The zero-order valence-corrected chi connectivity index (χ0v) is 18.0. The number of carboxylic acid groups (broad SMARTS) is 1. The Kier molecular flexibility index (Phi) is 5.90. The zero-order chi connectivity index (χ0) is 22.7. The molecule has 4 rings (SSSR count). The van der Waals surface area contributed by atoms with Gasteiger partial charge in [0.1, 0.15) is 6.23 Å². The number of ether oxygens (including phenoxy) is 1. The monoisotopic (exact) mass is 427 g/mol. The van der Waals surface area contributed by atoms with Gasteiger partial charge >= 0.3 is 5.97 Å². The van der Waals surface area contributed by atoms with Gasteiger partial charge in [0.25, 0.3) is 0 Å². The smallest absolute Gasteiger partial charge is 0.340 e. The summed E-state index contributed by atoms with van der Waals surface area (Å²) in [6.07, 6.45) is 1.01. The molecule has 162 valence electrons. The van der Waals surface area contributed by atoms with E-state index in [1.54, 1.807) is 24.3 Å². The summed E-state index contributed by atoms with van der Waals surface area (Å²) in [5.74, 6) is -1.10. The molecule has 1 aromatic heterocycles. The molecule has 0 spiro atoms. The minimum absolute atomic E-state index is 0.531. The maximum absolute atomic E-state index is 12.0. The second-order valence-electron chi connectivity index (χ2n) is 7.80. The lowest BCUT2D eigenvalue weighted by atomic mass is 9.95. The molecule has 0 aliphatic heterocycles. The van der Waals surface area contributed by atoms with E-state index in [0.717, 1.165) is 28.1 Å². The maximum Gasteiger partial charge on any atom is 0.340 e. The fourth-order valence-electron chi connectivity index (χ4n) is 3.67. The molecule has 4 aromatic rings. The molecule has 2 unspecified atom stereocenters. The number of aromatic nitrogens is 2. The van der Waals surface area contributed by atoms with Gasteiger partial charge in [-0.2, -0.15) is 5.10 Å². The molecular weight excluding hydrogens is 402 g/mol. The van der Waals surface area contributed by atoms with E-state index in [9.17, 15) is 9.90 Å². The molecule has 0 fully saturated rings. The molecule has 3 aromatic carbocycles. The lowest BCUT2D eigenvalue weighted by Crippen LogP contribution is -2.39. The molecule has 0 saturated carbocycles. The molecular formula is C26H25N3O3. The van der Waals surface area contributed by atoms with E-state index >= 15 is 0 Å². The summed E-state index contributed by atoms with van der Waals surface area (Å²) >= 11 is 0. The lowest BCUT2D eigenvalue weighted by Gasteiger charge is -2.30. The van der Waals surface area contributed by atoms with E-state index in [0.29, 0.717) is 5.56 Å². The first-order valence-corrected chi connectivity index (χ1v) is 10.3. The summed E-state index contributed by atoms with van der Waals surface area (Å²) < 4.78 is 7.74. The molecule has 0 saturated heterocycles. The summed E-state index contributed by atoms with van der Waals surface area (Å²) in [7, 11) is 0. The fourth-order valence-corrected chi connectivity index (χ4v) is 3.67. The van der Waals surface area contributed by atoms with Gasteiger partial charge < -0.3 is 15.6 Å². The van der Waals surface area contributed by atoms with Gasteiger partial charge in [0.15, 0.2) is 5.60 Å². The maximum atomic E-state index is 12.0. The number of rotatable bonds is 7. The highest BCUT2D eigenvalue weighted by atomic mass is 16.5. The van der Waals surface area contributed by atoms with Crippen molar-refractivity contribution in [2.75, 3.05) is 0 Å². The van der Waals surface area contributed by atoms with Crippen LogP contribution in [0.25, 0.3) is 16.9 Å². The van der Waals surface area contributed by atoms with Gasteiger partial charge in [-0.15, -0.1) is 0 Å². The molecule has 0 bridgehead atoms. The minimum Gasteiger partial charge on any atom is -0.479 e. The van der Waals surface area contributed by atoms with E-state index in [1.165, 1.54) is 6.92 Å². The predicted molar refractivity (Wildman–Crippen MR) is 123 cm³/mol. The van der Waals surface area contributed by atoms with Crippen LogP contribution in [0.5, 0.6) is 0 Å². The molecule has 0 aliphatic carbocycles. The van der Waals surface area contributed by atoms with E-state index in [2.05, 4.69) is 5.10 Å². The van der Waals surface area contributed by atoms with E-state index < -0.39 is 17.8 Å². The number of carboxylic acids is 1. The van der Waals surface area contributed by atoms with E-state index in [1.807, 2.05) is 78.5 Å². The number of aryl methyl sites for hydroxylation is 1. The summed E-state index contributed by atoms with van der Waals surface area (Å²) in [6, 6.07) is 26.4. The molecule has 6 heteroatoms. The van der Waals surface area contributed by atoms with Crippen molar-refractivity contribution >= 4 is 5.97 Å². The number of hydrogen-bond donors (Lipinski definition) is 2. The van der Waals surface area contributed by atoms with Crippen molar-refractivity contribution in [3.05, 3.63) is 108 Å². The van der Waals surface area contributed by atoms with Crippen LogP contribution in [0, 0.1) is 6.92 Å². The van der Waals surface area contributed by atoms with Gasteiger partial charge in [-0.25, -0.2) is 9.48 Å². The van der Waals surface area contributed by atoms with Crippen LogP contribution in [0.3, 0.4) is 0 Å². The molecule has 0 amide bonds. The SMILES string of the molecule is Cc1cc(-c2ccn(-c3ccccc3)n2)ccc1C(N)OC(C)(C(=O)O)c1ccccc1. The van der Waals surface area contributed by atoms with E-state index in [-0.39, 0.29) is 0 Å². The first-order valence-electron chi connectivity index (χ1n) is 10.3. The first kappa shape index (κ1) is 21.5. The molecule has 6 nitrogen and oxygen atoms in total. The lowest BCUT2D eigenvalue weighted by molar-refractivity contribution is -0.173. The number of benzene rings is 3. The number of hydrogen-bond acceptors (Lipinski definition) is 4. The van der Waals surface area contributed by atoms with Gasteiger partial charge in [0.2, 0.25) is 0 Å². The third kappa shape index (κ3) is 4.19. The Morgan fingerprint density at radius 1 is 1.03 bits per heavy atom. The molecule has 32 heavy (non-hydrogen) atoms. The van der Waals surface area contributed by atoms with Crippen LogP contribution in [0.1, 0.15) is 29.8 Å². The van der Waals surface area contributed by atoms with Crippen LogP contribution in [-0.2, 0) is 15.1 Å². The number of carbonyl (C=O) groups is 1. The Morgan fingerprint density at radius 3 is 2.31 bits per heavy atom. The van der Waals surface area contributed by atoms with Crippen LogP contribution in [0.15, 0.2) is 91.1 Å². The average Bonchev–Trinajstić information content (AvgIpc) is 3.30. The highest BCUT2D eigenvalue weighted by Crippen LogP contribution is 2.32. The summed E-state index contributed by atoms with van der Waals surface area (Å²) in [5.41, 5.74) is 9.65. The quantitative estimate of drug-likeness (QED) is 0.413. The highest BCUT2D eigenvalue weighted by molar-refractivity contribution is 5.79. The number of nitrogens with zero attached hydrogens (tertiary/aromatic N) is 2. The normalized spacial score (nSPS) is 14.0. The Bertz CT molecular complexity index is 1220. The van der Waals surface area contributed by atoms with Crippen molar-refractivity contribution in [1.29, 1.82) is 0 Å². The predicted octanol–water partition coefficient (Wildman–Crippen LogP) is 4.82. The van der Waals surface area contributed by atoms with Gasteiger partial charge in [-0.05, 0) is 54.8 Å². The number of nitrogens with two attached hydrogens (primary N) is 1. The van der Waals surface area contributed by atoms with Crippen LogP contribution >= 0.6 is 0 Å². The second-order valence-corrected chi connectivity index (χ2v) is 7.80. The fraction of sp³-hybridized carbons (Fsp3) is 0.154. The van der Waals surface area contributed by atoms with Crippen LogP contribution in [-0.4, -0.2) is 20.9 Å². The zero-order valence-electron chi connectivity index (χ0n) is 18.0. The summed E-state index contributed by atoms with van der Waals surface area (Å²) in [4.78, 5) is 12.0. The number of para-hydroxylation sites is 1. The first-order chi connectivity index (χ1) is 15.4. The van der Waals surface area contributed by atoms with Crippen molar-refractivity contribution < 1.29 is 14.6 Å². The van der Waals surface area contributed by atoms with Gasteiger partial charge in [-0.3, -0.25) is 0 Å². The Morgan fingerprint density at radius 2 is 1.69 bits per heavy atom. The van der Waals surface area contributed by atoms with Crippen molar-refractivity contribution in [3.8, 4) is 16.9 Å². The Balaban J connectivity index is 1.58. The molecule has 3 N–H and O–H groups in total. The molecule has 0 radical (unpaired) electrons. The van der Waals surface area contributed by atoms with Gasteiger partial charge in [0.05, 0.1) is 11.4 Å². The minimum atomic E-state index is -1.57. The third-order valence-corrected chi connectivity index (χ3v) is 5.58. The Hall–Kier alpha value is -3.74. The van der Waals surface area contributed by atoms with Crippen molar-refractivity contribution in [2.45, 2.75) is 25.7 Å². The molecule has 2 atom stereocenters. The van der Waals surface area contributed by atoms with Gasteiger partial charge in [0, 0.05) is 11.8 Å². The van der Waals surface area contributed by atoms with E-state index in [4.69, 9.17) is 10.5 Å². The van der Waals surface area contributed by atoms with Crippen molar-refractivity contribution in [1.82, 2.24) is 9.78 Å². The number of aliphatic carboxylic acids is 1. The van der Waals surface area contributed by atoms with Gasteiger partial charge in [-0.1, -0.05) is 60.7 Å². The summed E-state index contributed by atoms with van der Waals surface area (Å²) in [5, 5.41) is 14.5.